The van der Waals surface area contributed by atoms with E-state index in [2.05, 4.69) is 4.72 Å². The molecular formula is C16H10Cl3NO6S. The summed E-state index contributed by atoms with van der Waals surface area (Å²) in [6, 6.07) is 7.61. The number of rotatable bonds is 6. The van der Waals surface area contributed by atoms with E-state index in [1.807, 2.05) is 0 Å². The van der Waals surface area contributed by atoms with E-state index in [1.54, 1.807) is 0 Å². The maximum atomic E-state index is 12.6. The van der Waals surface area contributed by atoms with Gasteiger partial charge in [0.1, 0.15) is 4.90 Å². The third kappa shape index (κ3) is 5.14. The Morgan fingerprint density at radius 2 is 1.59 bits per heavy atom. The first-order chi connectivity index (χ1) is 12.5. The van der Waals surface area contributed by atoms with Crippen molar-refractivity contribution in [1.29, 1.82) is 0 Å². The average molecular weight is 451 g/mol. The van der Waals surface area contributed by atoms with Crippen LogP contribution in [0.5, 0.6) is 0 Å². The number of carboxylic acids is 1. The van der Waals surface area contributed by atoms with Crippen molar-refractivity contribution in [1.82, 2.24) is 0 Å². The summed E-state index contributed by atoms with van der Waals surface area (Å²) in [4.78, 5) is 22.1. The van der Waals surface area contributed by atoms with Gasteiger partial charge in [-0.2, -0.15) is 0 Å². The minimum atomic E-state index is -4.21. The Hall–Kier alpha value is -2.26. The number of halogens is 3. The molecule has 27 heavy (non-hydrogen) atoms. The lowest BCUT2D eigenvalue weighted by Gasteiger charge is -2.12. The molecule has 0 radical (unpaired) electrons. The van der Waals surface area contributed by atoms with Crippen LogP contribution in [0.3, 0.4) is 0 Å². The number of aliphatic hydroxyl groups is 1. The molecule has 0 fully saturated rings. The molecule has 7 nitrogen and oxygen atoms in total. The number of hydrogen-bond donors (Lipinski definition) is 3. The van der Waals surface area contributed by atoms with Crippen molar-refractivity contribution in [3.63, 3.8) is 0 Å². The molecule has 11 heteroatoms. The highest BCUT2D eigenvalue weighted by Gasteiger charge is 2.23. The zero-order valence-corrected chi connectivity index (χ0v) is 16.2. The fraction of sp³-hybridized carbons (Fsp3) is 0. The molecule has 0 saturated carbocycles. The van der Waals surface area contributed by atoms with E-state index in [-0.39, 0.29) is 26.3 Å². The second kappa shape index (κ2) is 8.18. The van der Waals surface area contributed by atoms with E-state index in [0.29, 0.717) is 6.08 Å². The Balaban J connectivity index is 2.37. The monoisotopic (exact) mass is 449 g/mol. The number of hydrogen-bond acceptors (Lipinski definition) is 5. The number of carbonyl (C=O) groups is 2. The van der Waals surface area contributed by atoms with Gasteiger partial charge in [-0.1, -0.05) is 46.9 Å². The second-order valence-corrected chi connectivity index (χ2v) is 7.95. The molecule has 0 bridgehead atoms. The summed E-state index contributed by atoms with van der Waals surface area (Å²) in [6.07, 6.45) is 0.503. The summed E-state index contributed by atoms with van der Waals surface area (Å²) < 4.78 is 27.3. The number of carbonyl (C=O) groups excluding carboxylic acids is 1. The molecular weight excluding hydrogens is 441 g/mol. The molecule has 0 saturated heterocycles. The zero-order chi connectivity index (χ0) is 20.4. The standard InChI is InChI=1S/C16H10Cl3NO6S/c17-9-5-11(18)15(12(19)6-9)27(25,26)20-10-3-1-2-8(4-10)13(21)7-14(22)16(23)24/h1-7,20,22H,(H,23,24). The van der Waals surface area contributed by atoms with Crippen LogP contribution in [0.1, 0.15) is 10.4 Å². The van der Waals surface area contributed by atoms with Crippen LogP contribution in [0.2, 0.25) is 15.1 Å². The van der Waals surface area contributed by atoms with Crippen molar-refractivity contribution in [2.45, 2.75) is 4.90 Å². The van der Waals surface area contributed by atoms with Crippen molar-refractivity contribution in [3.8, 4) is 0 Å². The molecule has 0 aromatic heterocycles. The third-order valence-corrected chi connectivity index (χ3v) is 5.64. The van der Waals surface area contributed by atoms with Gasteiger partial charge in [-0.25, -0.2) is 13.2 Å². The van der Waals surface area contributed by atoms with Gasteiger partial charge >= 0.3 is 5.97 Å². The molecule has 2 aromatic carbocycles. The van der Waals surface area contributed by atoms with Crippen LogP contribution in [-0.4, -0.2) is 30.4 Å². The van der Waals surface area contributed by atoms with E-state index in [4.69, 9.17) is 45.0 Å². The first-order valence-electron chi connectivity index (χ1n) is 6.97. The lowest BCUT2D eigenvalue weighted by Crippen LogP contribution is -2.14. The molecule has 142 valence electrons. The molecule has 0 amide bonds. The topological polar surface area (TPSA) is 121 Å². The smallest absolute Gasteiger partial charge is 0.371 e. The van der Waals surface area contributed by atoms with Crippen LogP contribution < -0.4 is 4.72 Å². The minimum absolute atomic E-state index is 0.00820. The summed E-state index contributed by atoms with van der Waals surface area (Å²) in [6.45, 7) is 0. The van der Waals surface area contributed by atoms with Crippen LogP contribution in [-0.2, 0) is 14.8 Å². The molecule has 0 unspecified atom stereocenters. The Bertz CT molecular complexity index is 1040. The molecule has 0 aliphatic carbocycles. The van der Waals surface area contributed by atoms with Crippen LogP contribution in [0.25, 0.3) is 0 Å². The predicted molar refractivity (Wildman–Crippen MR) is 101 cm³/mol. The van der Waals surface area contributed by atoms with Gasteiger partial charge in [0.2, 0.25) is 5.76 Å². The van der Waals surface area contributed by atoms with E-state index in [1.165, 1.54) is 30.3 Å². The number of carboxylic acid groups (broad SMARTS) is 1. The highest BCUT2D eigenvalue weighted by atomic mass is 35.5. The first kappa shape index (κ1) is 21.0. The lowest BCUT2D eigenvalue weighted by atomic mass is 10.1. The van der Waals surface area contributed by atoms with Crippen molar-refractivity contribution < 1.29 is 28.2 Å². The van der Waals surface area contributed by atoms with Crippen molar-refractivity contribution >= 4 is 62.3 Å². The van der Waals surface area contributed by atoms with Gasteiger partial charge in [-0.15, -0.1) is 0 Å². The SMILES string of the molecule is O=C(O)C(O)=CC(=O)c1cccc(NS(=O)(=O)c2c(Cl)cc(Cl)cc2Cl)c1. The molecule has 2 rings (SSSR count). The van der Waals surface area contributed by atoms with Crippen molar-refractivity contribution in [3.05, 3.63) is 68.9 Å². The zero-order valence-electron chi connectivity index (χ0n) is 13.1. The third-order valence-electron chi connectivity index (χ3n) is 3.12. The number of anilines is 1. The van der Waals surface area contributed by atoms with E-state index in [9.17, 15) is 18.0 Å². The maximum absolute atomic E-state index is 12.6. The predicted octanol–water partition coefficient (Wildman–Crippen LogP) is 4.16. The van der Waals surface area contributed by atoms with Crippen LogP contribution >= 0.6 is 34.8 Å². The summed E-state index contributed by atoms with van der Waals surface area (Å²) in [5, 5.41) is 17.5. The number of benzene rings is 2. The van der Waals surface area contributed by atoms with Gasteiger partial charge in [0.25, 0.3) is 10.0 Å². The van der Waals surface area contributed by atoms with Gasteiger partial charge in [-0.3, -0.25) is 9.52 Å². The first-order valence-corrected chi connectivity index (χ1v) is 9.58. The van der Waals surface area contributed by atoms with Gasteiger partial charge in [0.05, 0.1) is 10.0 Å². The quantitative estimate of drug-likeness (QED) is 0.345. The molecule has 0 heterocycles. The number of aliphatic carboxylic acids is 1. The van der Waals surface area contributed by atoms with E-state index >= 15 is 0 Å². The molecule has 0 aliphatic heterocycles. The summed E-state index contributed by atoms with van der Waals surface area (Å²) in [5.41, 5.74) is -0.0672. The lowest BCUT2D eigenvalue weighted by molar-refractivity contribution is -0.135. The molecule has 0 spiro atoms. The normalized spacial score (nSPS) is 11.9. The van der Waals surface area contributed by atoms with Crippen molar-refractivity contribution in [2.24, 2.45) is 0 Å². The Morgan fingerprint density at radius 1 is 1.00 bits per heavy atom. The van der Waals surface area contributed by atoms with E-state index in [0.717, 1.165) is 6.07 Å². The van der Waals surface area contributed by atoms with Crippen LogP contribution in [0, 0.1) is 0 Å². The highest BCUT2D eigenvalue weighted by molar-refractivity contribution is 7.93. The molecule has 2 aromatic rings. The van der Waals surface area contributed by atoms with Gasteiger partial charge in [0.15, 0.2) is 5.78 Å². The molecule has 3 N–H and O–H groups in total. The van der Waals surface area contributed by atoms with Gasteiger partial charge < -0.3 is 10.2 Å². The number of aliphatic hydroxyl groups excluding tert-OH is 1. The molecule has 0 atom stereocenters. The second-order valence-electron chi connectivity index (χ2n) is 5.08. The Morgan fingerprint density at radius 3 is 2.15 bits per heavy atom. The number of sulfonamides is 1. The van der Waals surface area contributed by atoms with Gasteiger partial charge in [0, 0.05) is 22.3 Å². The average Bonchev–Trinajstić information content (AvgIpc) is 2.52. The van der Waals surface area contributed by atoms with Crippen LogP contribution in [0.15, 0.2) is 53.1 Å². The fourth-order valence-electron chi connectivity index (χ4n) is 2.00. The van der Waals surface area contributed by atoms with Gasteiger partial charge in [-0.05, 0) is 24.3 Å². The minimum Gasteiger partial charge on any atom is -0.502 e. The fourth-order valence-corrected chi connectivity index (χ4v) is 4.59. The Kier molecular flexibility index (Phi) is 6.38. The summed E-state index contributed by atoms with van der Waals surface area (Å²) in [7, 11) is -4.21. The van der Waals surface area contributed by atoms with Crippen LogP contribution in [0.4, 0.5) is 5.69 Å². The van der Waals surface area contributed by atoms with E-state index < -0.39 is 32.4 Å². The highest BCUT2D eigenvalue weighted by Crippen LogP contribution is 2.33. The number of allylic oxidation sites excluding steroid dienone is 1. The number of nitrogens with one attached hydrogen (secondary N) is 1. The largest absolute Gasteiger partial charge is 0.502 e. The maximum Gasteiger partial charge on any atom is 0.371 e. The van der Waals surface area contributed by atoms with Crippen molar-refractivity contribution in [2.75, 3.05) is 4.72 Å². The summed E-state index contributed by atoms with van der Waals surface area (Å²) >= 11 is 17.6. The number of ketones is 1. The molecule has 0 aliphatic rings. The summed E-state index contributed by atoms with van der Waals surface area (Å²) in [5.74, 6) is -3.66. The Labute approximate surface area is 168 Å².